The molecule has 2 aromatic carbocycles. The number of sulfonamides is 1. The molecule has 0 amide bonds. The van der Waals surface area contributed by atoms with E-state index in [0.29, 0.717) is 30.8 Å². The van der Waals surface area contributed by atoms with Crippen molar-refractivity contribution in [2.75, 3.05) is 26.2 Å². The highest BCUT2D eigenvalue weighted by Crippen LogP contribution is 2.32. The van der Waals surface area contributed by atoms with Crippen LogP contribution < -0.4 is 5.63 Å². The first-order valence-corrected chi connectivity index (χ1v) is 11.8. The third-order valence-corrected chi connectivity index (χ3v) is 8.35. The fraction of sp³-hybridized carbons (Fsp3) is 0.286. The highest BCUT2D eigenvalue weighted by molar-refractivity contribution is 7.89. The van der Waals surface area contributed by atoms with Crippen molar-refractivity contribution in [1.29, 1.82) is 0 Å². The summed E-state index contributed by atoms with van der Waals surface area (Å²) in [4.78, 5) is 14.1. The van der Waals surface area contributed by atoms with Crippen LogP contribution in [-0.4, -0.2) is 48.9 Å². The lowest BCUT2D eigenvalue weighted by atomic mass is 10.1. The molecule has 4 rings (SSSR count). The molecule has 1 aliphatic rings. The fourth-order valence-electron chi connectivity index (χ4n) is 3.74. The molecule has 1 N–H and O–H groups in total. The largest absolute Gasteiger partial charge is 0.508 e. The monoisotopic (exact) mass is 482 g/mol. The zero-order chi connectivity index (χ0) is 22.3. The molecule has 1 aliphatic heterocycles. The molecule has 10 heteroatoms. The predicted molar refractivity (Wildman–Crippen MR) is 119 cm³/mol. The number of nitrogens with zero attached hydrogens (tertiary/aromatic N) is 2. The van der Waals surface area contributed by atoms with E-state index in [1.54, 1.807) is 31.2 Å². The van der Waals surface area contributed by atoms with Gasteiger partial charge < -0.3 is 9.52 Å². The van der Waals surface area contributed by atoms with Gasteiger partial charge in [0.1, 0.15) is 16.2 Å². The van der Waals surface area contributed by atoms with Gasteiger partial charge in [0.2, 0.25) is 10.0 Å². The Morgan fingerprint density at radius 1 is 1.10 bits per heavy atom. The van der Waals surface area contributed by atoms with Crippen molar-refractivity contribution < 1.29 is 17.9 Å². The predicted octanol–water partition coefficient (Wildman–Crippen LogP) is 3.62. The van der Waals surface area contributed by atoms with Crippen LogP contribution in [0, 0.1) is 6.92 Å². The highest BCUT2D eigenvalue weighted by Gasteiger charge is 2.31. The fourth-order valence-corrected chi connectivity index (χ4v) is 5.90. The number of hydrogen-bond donors (Lipinski definition) is 1. The molecule has 7 nitrogen and oxygen atoms in total. The summed E-state index contributed by atoms with van der Waals surface area (Å²) in [5.74, 6) is 0.0614. The van der Waals surface area contributed by atoms with Crippen LogP contribution in [0.2, 0.25) is 10.0 Å². The second-order valence-electron chi connectivity index (χ2n) is 7.41. The minimum atomic E-state index is -3.77. The Labute approximate surface area is 189 Å². The molecule has 0 saturated carbocycles. The summed E-state index contributed by atoms with van der Waals surface area (Å²) in [5.41, 5.74) is 1.14. The number of rotatable bonds is 4. The third kappa shape index (κ3) is 4.18. The Bertz CT molecular complexity index is 1320. The van der Waals surface area contributed by atoms with E-state index in [1.807, 2.05) is 0 Å². The van der Waals surface area contributed by atoms with Gasteiger partial charge in [-0.25, -0.2) is 13.2 Å². The lowest BCUT2D eigenvalue weighted by Crippen LogP contribution is -2.48. The van der Waals surface area contributed by atoms with Gasteiger partial charge in [-0.3, -0.25) is 4.90 Å². The number of phenols is 1. The molecular formula is C21H20Cl2N2O5S. The van der Waals surface area contributed by atoms with E-state index in [1.165, 1.54) is 16.4 Å². The number of piperazine rings is 1. The standard InChI is InChI=1S/C21H20Cl2N2O5S/c1-13-17(26)6-5-15-14(11-19(27)30-21(13)15)12-24-7-9-25(10-8-24)31(28,29)18-4-2-3-16(22)20(18)23/h2-6,11,26H,7-10,12H2,1H3. The Hall–Kier alpha value is -2.10. The average Bonchev–Trinajstić information content (AvgIpc) is 2.73. The van der Waals surface area contributed by atoms with E-state index in [-0.39, 0.29) is 33.8 Å². The molecule has 31 heavy (non-hydrogen) atoms. The van der Waals surface area contributed by atoms with Crippen LogP contribution in [0.25, 0.3) is 11.0 Å². The first kappa shape index (κ1) is 22.1. The van der Waals surface area contributed by atoms with Gasteiger partial charge in [0, 0.05) is 49.7 Å². The number of phenolic OH excluding ortho intramolecular Hbond substituents is 1. The zero-order valence-electron chi connectivity index (χ0n) is 16.6. The van der Waals surface area contributed by atoms with Crippen LogP contribution in [0.4, 0.5) is 0 Å². The number of aryl methyl sites for hydroxylation is 1. The zero-order valence-corrected chi connectivity index (χ0v) is 19.0. The van der Waals surface area contributed by atoms with E-state index >= 15 is 0 Å². The van der Waals surface area contributed by atoms with Crippen LogP contribution >= 0.6 is 23.2 Å². The molecule has 0 aliphatic carbocycles. The molecule has 1 saturated heterocycles. The van der Waals surface area contributed by atoms with Crippen molar-refractivity contribution in [2.45, 2.75) is 18.4 Å². The molecule has 0 atom stereocenters. The van der Waals surface area contributed by atoms with E-state index in [0.717, 1.165) is 10.9 Å². The van der Waals surface area contributed by atoms with Crippen molar-refractivity contribution >= 4 is 44.2 Å². The third-order valence-electron chi connectivity index (χ3n) is 5.48. The molecule has 0 radical (unpaired) electrons. The summed E-state index contributed by atoms with van der Waals surface area (Å²) < 4.78 is 32.7. The van der Waals surface area contributed by atoms with E-state index in [9.17, 15) is 18.3 Å². The molecule has 1 aromatic heterocycles. The maximum Gasteiger partial charge on any atom is 0.336 e. The number of fused-ring (bicyclic) bond motifs is 1. The molecule has 0 spiro atoms. The number of hydrogen-bond acceptors (Lipinski definition) is 6. The first-order valence-electron chi connectivity index (χ1n) is 9.60. The molecule has 3 aromatic rings. The maximum absolute atomic E-state index is 13.0. The molecule has 164 valence electrons. The molecule has 0 bridgehead atoms. The number of aromatic hydroxyl groups is 1. The lowest BCUT2D eigenvalue weighted by Gasteiger charge is -2.34. The Kier molecular flexibility index (Phi) is 6.02. The van der Waals surface area contributed by atoms with Gasteiger partial charge in [0.15, 0.2) is 0 Å². The van der Waals surface area contributed by atoms with Gasteiger partial charge in [-0.1, -0.05) is 29.3 Å². The summed E-state index contributed by atoms with van der Waals surface area (Å²) in [6.07, 6.45) is 0. The van der Waals surface area contributed by atoms with Crippen LogP contribution in [0.5, 0.6) is 5.75 Å². The maximum atomic E-state index is 13.0. The van der Waals surface area contributed by atoms with Crippen molar-refractivity contribution in [3.05, 3.63) is 68.0 Å². The normalized spacial score (nSPS) is 16.1. The van der Waals surface area contributed by atoms with Crippen LogP contribution in [-0.2, 0) is 16.6 Å². The average molecular weight is 483 g/mol. The van der Waals surface area contributed by atoms with Gasteiger partial charge in [-0.2, -0.15) is 4.31 Å². The van der Waals surface area contributed by atoms with Crippen LogP contribution in [0.1, 0.15) is 11.1 Å². The van der Waals surface area contributed by atoms with Crippen molar-refractivity contribution in [2.24, 2.45) is 0 Å². The van der Waals surface area contributed by atoms with Gasteiger partial charge in [-0.05, 0) is 36.8 Å². The van der Waals surface area contributed by atoms with Gasteiger partial charge in [-0.15, -0.1) is 0 Å². The van der Waals surface area contributed by atoms with Crippen LogP contribution in [0.3, 0.4) is 0 Å². The summed E-state index contributed by atoms with van der Waals surface area (Å²) >= 11 is 12.1. The molecular weight excluding hydrogens is 463 g/mol. The highest BCUT2D eigenvalue weighted by atomic mass is 35.5. The second-order valence-corrected chi connectivity index (χ2v) is 10.1. The molecule has 2 heterocycles. The van der Waals surface area contributed by atoms with E-state index in [4.69, 9.17) is 27.6 Å². The summed E-state index contributed by atoms with van der Waals surface area (Å²) in [7, 11) is -3.77. The number of benzene rings is 2. The Morgan fingerprint density at radius 2 is 1.81 bits per heavy atom. The van der Waals surface area contributed by atoms with Crippen molar-refractivity contribution in [1.82, 2.24) is 9.21 Å². The Morgan fingerprint density at radius 3 is 2.52 bits per heavy atom. The van der Waals surface area contributed by atoms with Gasteiger partial charge in [0.25, 0.3) is 0 Å². The SMILES string of the molecule is Cc1c(O)ccc2c(CN3CCN(S(=O)(=O)c4cccc(Cl)c4Cl)CC3)cc(=O)oc12. The van der Waals surface area contributed by atoms with Gasteiger partial charge >= 0.3 is 5.63 Å². The van der Waals surface area contributed by atoms with Crippen molar-refractivity contribution in [3.8, 4) is 5.75 Å². The topological polar surface area (TPSA) is 91.1 Å². The summed E-state index contributed by atoms with van der Waals surface area (Å²) in [6, 6.07) is 9.28. The molecule has 1 fully saturated rings. The van der Waals surface area contributed by atoms with Crippen LogP contribution in [0.15, 0.2) is 50.5 Å². The van der Waals surface area contributed by atoms with E-state index < -0.39 is 15.6 Å². The van der Waals surface area contributed by atoms with Gasteiger partial charge in [0.05, 0.1) is 10.0 Å². The minimum Gasteiger partial charge on any atom is -0.508 e. The second kappa shape index (κ2) is 8.44. The molecule has 0 unspecified atom stereocenters. The Balaban J connectivity index is 1.53. The number of halogens is 2. The lowest BCUT2D eigenvalue weighted by molar-refractivity contribution is 0.182. The quantitative estimate of drug-likeness (QED) is 0.571. The summed E-state index contributed by atoms with van der Waals surface area (Å²) in [5, 5.41) is 10.9. The first-order chi connectivity index (χ1) is 14.7. The van der Waals surface area contributed by atoms with E-state index in [2.05, 4.69) is 4.90 Å². The van der Waals surface area contributed by atoms with Crippen molar-refractivity contribution in [3.63, 3.8) is 0 Å². The smallest absolute Gasteiger partial charge is 0.336 e. The summed E-state index contributed by atoms with van der Waals surface area (Å²) in [6.45, 7) is 3.67. The minimum absolute atomic E-state index is 0.00272.